The smallest absolute Gasteiger partial charge is 0.291 e. The van der Waals surface area contributed by atoms with Crippen molar-refractivity contribution in [3.05, 3.63) is 59.3 Å². The molecule has 0 radical (unpaired) electrons. The summed E-state index contributed by atoms with van der Waals surface area (Å²) < 4.78 is 7.78. The van der Waals surface area contributed by atoms with E-state index in [9.17, 15) is 9.59 Å². The molecular weight excluding hydrogens is 386 g/mol. The first kappa shape index (κ1) is 19.5. The zero-order chi connectivity index (χ0) is 20.8. The van der Waals surface area contributed by atoms with Crippen molar-refractivity contribution in [1.29, 1.82) is 0 Å². The highest BCUT2D eigenvalue weighted by Crippen LogP contribution is 2.38. The molecule has 0 atom stereocenters. The Labute approximate surface area is 173 Å². The van der Waals surface area contributed by atoms with Crippen LogP contribution in [-0.4, -0.2) is 21.2 Å². The van der Waals surface area contributed by atoms with Gasteiger partial charge >= 0.3 is 0 Å². The molecule has 1 N–H and O–H groups in total. The third-order valence-electron chi connectivity index (χ3n) is 5.08. The number of nitrogens with zero attached hydrogens (tertiary/aromatic N) is 2. The first-order valence-electron chi connectivity index (χ1n) is 9.45. The number of furan rings is 1. The van der Waals surface area contributed by atoms with E-state index >= 15 is 0 Å². The second kappa shape index (κ2) is 7.22. The van der Waals surface area contributed by atoms with Crippen molar-refractivity contribution in [2.24, 2.45) is 12.5 Å². The van der Waals surface area contributed by atoms with E-state index in [-0.39, 0.29) is 22.9 Å². The third-order valence-corrected chi connectivity index (χ3v) is 6.17. The van der Waals surface area contributed by atoms with Gasteiger partial charge in [0.25, 0.3) is 5.91 Å². The van der Waals surface area contributed by atoms with Gasteiger partial charge in [0, 0.05) is 48.4 Å². The molecule has 1 aliphatic carbocycles. The predicted octanol–water partition coefficient (Wildman–Crippen LogP) is 4.88. The Morgan fingerprint density at radius 1 is 1.24 bits per heavy atom. The van der Waals surface area contributed by atoms with Gasteiger partial charge in [-0.3, -0.25) is 9.59 Å². The fourth-order valence-corrected chi connectivity index (χ4v) is 4.45. The number of amides is 1. The van der Waals surface area contributed by atoms with E-state index in [1.807, 2.05) is 55.9 Å². The molecule has 0 unspecified atom stereocenters. The largest absolute Gasteiger partial charge is 0.455 e. The van der Waals surface area contributed by atoms with E-state index in [4.69, 9.17) is 4.42 Å². The third kappa shape index (κ3) is 3.87. The molecule has 3 aromatic rings. The van der Waals surface area contributed by atoms with Crippen LogP contribution in [0.2, 0.25) is 0 Å². The number of imidazole rings is 1. The van der Waals surface area contributed by atoms with Crippen LogP contribution in [0.3, 0.4) is 0 Å². The maximum atomic E-state index is 12.8. The fraction of sp³-hybridized carbons (Fsp3) is 0.318. The van der Waals surface area contributed by atoms with Gasteiger partial charge in [0.15, 0.2) is 16.7 Å². The summed E-state index contributed by atoms with van der Waals surface area (Å²) in [5.74, 6) is 0.544. The van der Waals surface area contributed by atoms with Crippen LogP contribution in [0.4, 0.5) is 5.69 Å². The summed E-state index contributed by atoms with van der Waals surface area (Å²) in [6, 6.07) is 7.55. The SMILES string of the molecule is Cc1c(C(=O)Nc2ccc(Sc3nccn3C)cc2)oc2c1C(=O)CC(C)(C)C2. The van der Waals surface area contributed by atoms with Crippen molar-refractivity contribution in [2.45, 2.75) is 43.7 Å². The minimum atomic E-state index is -0.341. The molecule has 7 heteroatoms. The number of benzene rings is 1. The summed E-state index contributed by atoms with van der Waals surface area (Å²) in [6.07, 6.45) is 4.78. The molecule has 0 saturated heterocycles. The average molecular weight is 410 g/mol. The number of anilines is 1. The molecule has 0 aliphatic heterocycles. The first-order chi connectivity index (χ1) is 13.7. The van der Waals surface area contributed by atoms with Crippen LogP contribution in [0.5, 0.6) is 0 Å². The van der Waals surface area contributed by atoms with Crippen LogP contribution in [0.1, 0.15) is 52.5 Å². The number of Topliss-reactive ketones (excluding diaryl/α,β-unsaturated/α-hetero) is 1. The van der Waals surface area contributed by atoms with Gasteiger partial charge in [-0.1, -0.05) is 25.6 Å². The van der Waals surface area contributed by atoms with Crippen LogP contribution in [0.15, 0.2) is 51.1 Å². The van der Waals surface area contributed by atoms with Crippen LogP contribution >= 0.6 is 11.8 Å². The van der Waals surface area contributed by atoms with Crippen molar-refractivity contribution in [2.75, 3.05) is 5.32 Å². The summed E-state index contributed by atoms with van der Waals surface area (Å²) in [7, 11) is 1.95. The Kier molecular flexibility index (Phi) is 4.86. The van der Waals surface area contributed by atoms with E-state index in [1.165, 1.54) is 0 Å². The van der Waals surface area contributed by atoms with E-state index < -0.39 is 0 Å². The number of carbonyl (C=O) groups excluding carboxylic acids is 2. The highest BCUT2D eigenvalue weighted by molar-refractivity contribution is 7.99. The molecule has 1 aromatic carbocycles. The van der Waals surface area contributed by atoms with Gasteiger partial charge in [0.1, 0.15) is 5.76 Å². The van der Waals surface area contributed by atoms with Crippen molar-refractivity contribution in [3.63, 3.8) is 0 Å². The van der Waals surface area contributed by atoms with Crippen molar-refractivity contribution < 1.29 is 14.0 Å². The zero-order valence-electron chi connectivity index (χ0n) is 16.9. The Hall–Kier alpha value is -2.80. The lowest BCUT2D eigenvalue weighted by atomic mass is 9.76. The number of carbonyl (C=O) groups is 2. The molecule has 6 nitrogen and oxygen atoms in total. The van der Waals surface area contributed by atoms with Crippen LogP contribution in [0, 0.1) is 12.3 Å². The number of hydrogen-bond acceptors (Lipinski definition) is 5. The number of ketones is 1. The minimum Gasteiger partial charge on any atom is -0.455 e. The topological polar surface area (TPSA) is 77.1 Å². The molecule has 1 aliphatic rings. The van der Waals surface area contributed by atoms with Gasteiger partial charge in [-0.05, 0) is 36.6 Å². The van der Waals surface area contributed by atoms with E-state index in [0.717, 1.165) is 10.1 Å². The van der Waals surface area contributed by atoms with Gasteiger partial charge < -0.3 is 14.3 Å². The number of aryl methyl sites for hydroxylation is 1. The highest BCUT2D eigenvalue weighted by Gasteiger charge is 2.37. The predicted molar refractivity (Wildman–Crippen MR) is 112 cm³/mol. The van der Waals surface area contributed by atoms with Gasteiger partial charge in [-0.25, -0.2) is 4.98 Å². The normalized spacial score (nSPS) is 15.2. The van der Waals surface area contributed by atoms with Crippen molar-refractivity contribution in [3.8, 4) is 0 Å². The number of rotatable bonds is 4. The lowest BCUT2D eigenvalue weighted by Gasteiger charge is -2.27. The second-order valence-electron chi connectivity index (χ2n) is 8.20. The van der Waals surface area contributed by atoms with E-state index in [2.05, 4.69) is 10.3 Å². The molecule has 2 aromatic heterocycles. The molecule has 29 heavy (non-hydrogen) atoms. The molecular formula is C22H23N3O3S. The number of nitrogens with one attached hydrogen (secondary N) is 1. The maximum absolute atomic E-state index is 12.8. The molecule has 0 bridgehead atoms. The van der Waals surface area contributed by atoms with E-state index in [1.54, 1.807) is 24.9 Å². The summed E-state index contributed by atoms with van der Waals surface area (Å²) in [5.41, 5.74) is 1.72. The Morgan fingerprint density at radius 2 is 1.97 bits per heavy atom. The molecule has 0 saturated carbocycles. The van der Waals surface area contributed by atoms with E-state index in [0.29, 0.717) is 35.4 Å². The lowest BCUT2D eigenvalue weighted by Crippen LogP contribution is -2.26. The molecule has 4 rings (SSSR count). The van der Waals surface area contributed by atoms with Gasteiger partial charge in [0.05, 0.1) is 5.56 Å². The van der Waals surface area contributed by atoms with Crippen LogP contribution in [0.25, 0.3) is 0 Å². The number of aromatic nitrogens is 2. The van der Waals surface area contributed by atoms with Crippen molar-refractivity contribution >= 4 is 29.1 Å². The molecule has 150 valence electrons. The first-order valence-corrected chi connectivity index (χ1v) is 10.3. The molecule has 1 amide bonds. The summed E-state index contributed by atoms with van der Waals surface area (Å²) >= 11 is 1.55. The molecule has 2 heterocycles. The lowest BCUT2D eigenvalue weighted by molar-refractivity contribution is 0.0898. The average Bonchev–Trinajstić information content (AvgIpc) is 3.19. The monoisotopic (exact) mass is 409 g/mol. The van der Waals surface area contributed by atoms with Crippen molar-refractivity contribution in [1.82, 2.24) is 9.55 Å². The zero-order valence-corrected chi connectivity index (χ0v) is 17.7. The highest BCUT2D eigenvalue weighted by atomic mass is 32.2. The van der Waals surface area contributed by atoms with Gasteiger partial charge in [-0.15, -0.1) is 0 Å². The summed E-state index contributed by atoms with van der Waals surface area (Å²) in [4.78, 5) is 30.6. The number of hydrogen-bond donors (Lipinski definition) is 1. The molecule has 0 fully saturated rings. The Balaban J connectivity index is 1.50. The summed E-state index contributed by atoms with van der Waals surface area (Å²) in [5, 5.41) is 3.76. The fourth-order valence-electron chi connectivity index (χ4n) is 3.65. The maximum Gasteiger partial charge on any atom is 0.291 e. The molecule has 0 spiro atoms. The van der Waals surface area contributed by atoms with Crippen LogP contribution < -0.4 is 5.32 Å². The second-order valence-corrected chi connectivity index (χ2v) is 9.24. The van der Waals surface area contributed by atoms with Gasteiger partial charge in [-0.2, -0.15) is 0 Å². The Morgan fingerprint density at radius 3 is 2.62 bits per heavy atom. The number of fused-ring (bicyclic) bond motifs is 1. The minimum absolute atomic E-state index is 0.0483. The van der Waals surface area contributed by atoms with Gasteiger partial charge in [0.2, 0.25) is 0 Å². The quantitative estimate of drug-likeness (QED) is 0.664. The van der Waals surface area contributed by atoms with Crippen LogP contribution in [-0.2, 0) is 13.5 Å². The Bertz CT molecular complexity index is 1090. The standard InChI is InChI=1S/C22H23N3O3S/c1-13-18-16(26)11-22(2,3)12-17(18)28-19(13)20(27)24-14-5-7-15(8-6-14)29-21-23-9-10-25(21)4/h5-10H,11-12H2,1-4H3,(H,24,27). The summed E-state index contributed by atoms with van der Waals surface area (Å²) in [6.45, 7) is 5.85.